The monoisotopic (exact) mass is 327 g/mol. The number of likely N-dealkylation sites (tertiary alicyclic amines) is 1. The summed E-state index contributed by atoms with van der Waals surface area (Å²) in [6.07, 6.45) is 4.93. The van der Waals surface area contributed by atoms with Crippen LogP contribution in [0.25, 0.3) is 5.69 Å². The summed E-state index contributed by atoms with van der Waals surface area (Å²) in [5, 5.41) is 7.28. The van der Waals surface area contributed by atoms with Crippen LogP contribution in [-0.2, 0) is 4.79 Å². The Bertz CT molecular complexity index is 705. The first kappa shape index (κ1) is 16.2. The molecule has 126 valence electrons. The van der Waals surface area contributed by atoms with Crippen molar-refractivity contribution in [2.24, 2.45) is 5.73 Å². The molecule has 0 radical (unpaired) electrons. The molecular weight excluding hydrogens is 306 g/mol. The summed E-state index contributed by atoms with van der Waals surface area (Å²) in [6.45, 7) is 1.80. The van der Waals surface area contributed by atoms with E-state index in [1.54, 1.807) is 17.1 Å². The number of aromatic nitrogens is 2. The number of nitrogens with two attached hydrogens (primary N) is 1. The fraction of sp³-hybridized carbons (Fsp3) is 0.353. The largest absolute Gasteiger partial charge is 0.369 e. The molecule has 0 atom stereocenters. The van der Waals surface area contributed by atoms with Crippen molar-refractivity contribution in [1.29, 1.82) is 0 Å². The summed E-state index contributed by atoms with van der Waals surface area (Å²) in [6, 6.07) is 9.77. The highest BCUT2D eigenvalue weighted by atomic mass is 16.2. The summed E-state index contributed by atoms with van der Waals surface area (Å²) in [5.41, 5.74) is 6.66. The van der Waals surface area contributed by atoms with Crippen LogP contribution in [-0.4, -0.2) is 52.2 Å². The standard InChI is InChI=1S/C17H21N5O2/c18-16(23)12-21-8-6-14(7-9-21)20-17(24)13-10-19-22(11-13)15-4-2-1-3-5-15/h1-5,10-11,14H,6-9,12H2,(H2,18,23)(H,20,24). The highest BCUT2D eigenvalue weighted by Gasteiger charge is 2.22. The Morgan fingerprint density at radius 2 is 1.92 bits per heavy atom. The molecule has 24 heavy (non-hydrogen) atoms. The average molecular weight is 327 g/mol. The van der Waals surface area contributed by atoms with Crippen molar-refractivity contribution in [3.05, 3.63) is 48.3 Å². The lowest BCUT2D eigenvalue weighted by molar-refractivity contribution is -0.119. The molecule has 1 aromatic carbocycles. The minimum atomic E-state index is -0.314. The number of hydrogen-bond donors (Lipinski definition) is 2. The number of carbonyl (C=O) groups excluding carboxylic acids is 2. The Labute approximate surface area is 140 Å². The Morgan fingerprint density at radius 3 is 2.58 bits per heavy atom. The fourth-order valence-electron chi connectivity index (χ4n) is 2.89. The van der Waals surface area contributed by atoms with E-state index in [-0.39, 0.29) is 24.4 Å². The number of amides is 2. The lowest BCUT2D eigenvalue weighted by Gasteiger charge is -2.31. The quantitative estimate of drug-likeness (QED) is 0.839. The van der Waals surface area contributed by atoms with Crippen LogP contribution in [0.1, 0.15) is 23.2 Å². The van der Waals surface area contributed by atoms with Crippen LogP contribution < -0.4 is 11.1 Å². The number of hydrogen-bond acceptors (Lipinski definition) is 4. The van der Waals surface area contributed by atoms with Gasteiger partial charge in [-0.1, -0.05) is 18.2 Å². The van der Waals surface area contributed by atoms with Gasteiger partial charge in [0.15, 0.2) is 0 Å². The first-order chi connectivity index (χ1) is 11.6. The summed E-state index contributed by atoms with van der Waals surface area (Å²) >= 11 is 0. The Balaban J connectivity index is 1.55. The summed E-state index contributed by atoms with van der Waals surface area (Å²) in [4.78, 5) is 25.3. The van der Waals surface area contributed by atoms with E-state index >= 15 is 0 Å². The molecule has 3 N–H and O–H groups in total. The molecule has 1 aliphatic rings. The van der Waals surface area contributed by atoms with Gasteiger partial charge < -0.3 is 11.1 Å². The third kappa shape index (κ3) is 3.99. The molecule has 1 fully saturated rings. The zero-order valence-electron chi connectivity index (χ0n) is 13.4. The van der Waals surface area contributed by atoms with Crippen LogP contribution in [0, 0.1) is 0 Å². The van der Waals surface area contributed by atoms with Gasteiger partial charge in [-0.25, -0.2) is 4.68 Å². The predicted octanol–water partition coefficient (Wildman–Crippen LogP) is 0.552. The zero-order valence-corrected chi connectivity index (χ0v) is 13.4. The van der Waals surface area contributed by atoms with E-state index in [4.69, 9.17) is 5.73 Å². The van der Waals surface area contributed by atoms with Gasteiger partial charge in [-0.15, -0.1) is 0 Å². The summed E-state index contributed by atoms with van der Waals surface area (Å²) < 4.78 is 1.68. The van der Waals surface area contributed by atoms with Crippen LogP contribution in [0.3, 0.4) is 0 Å². The summed E-state index contributed by atoms with van der Waals surface area (Å²) in [7, 11) is 0. The second kappa shape index (κ2) is 7.27. The number of nitrogens with zero attached hydrogens (tertiary/aromatic N) is 3. The van der Waals surface area contributed by atoms with Gasteiger partial charge in [-0.05, 0) is 25.0 Å². The molecule has 1 saturated heterocycles. The zero-order chi connectivity index (χ0) is 16.9. The number of piperidine rings is 1. The Morgan fingerprint density at radius 1 is 1.21 bits per heavy atom. The Kier molecular flexibility index (Phi) is 4.90. The topological polar surface area (TPSA) is 93.2 Å². The van der Waals surface area contributed by atoms with Gasteiger partial charge in [0.25, 0.3) is 5.91 Å². The van der Waals surface area contributed by atoms with Crippen LogP contribution in [0.4, 0.5) is 0 Å². The molecule has 0 unspecified atom stereocenters. The van der Waals surface area contributed by atoms with Crippen molar-refractivity contribution in [3.63, 3.8) is 0 Å². The van der Waals surface area contributed by atoms with Gasteiger partial charge in [0.05, 0.1) is 24.0 Å². The number of carbonyl (C=O) groups is 2. The smallest absolute Gasteiger partial charge is 0.254 e. The number of rotatable bonds is 5. The molecule has 2 amide bonds. The van der Waals surface area contributed by atoms with E-state index in [2.05, 4.69) is 10.4 Å². The molecule has 2 aromatic rings. The molecule has 0 spiro atoms. The molecule has 0 bridgehead atoms. The highest BCUT2D eigenvalue weighted by Crippen LogP contribution is 2.12. The van der Waals surface area contributed by atoms with Gasteiger partial charge in [0, 0.05) is 25.3 Å². The lowest BCUT2D eigenvalue weighted by Crippen LogP contribution is -2.46. The van der Waals surface area contributed by atoms with E-state index in [1.165, 1.54) is 0 Å². The first-order valence-electron chi connectivity index (χ1n) is 8.03. The van der Waals surface area contributed by atoms with E-state index in [0.717, 1.165) is 31.6 Å². The molecule has 7 nitrogen and oxygen atoms in total. The maximum absolute atomic E-state index is 12.4. The van der Waals surface area contributed by atoms with Crippen molar-refractivity contribution >= 4 is 11.8 Å². The van der Waals surface area contributed by atoms with Crippen molar-refractivity contribution in [1.82, 2.24) is 20.0 Å². The third-order valence-corrected chi connectivity index (χ3v) is 4.17. The summed E-state index contributed by atoms with van der Waals surface area (Å²) in [5.74, 6) is -0.434. The van der Waals surface area contributed by atoms with Crippen molar-refractivity contribution in [2.75, 3.05) is 19.6 Å². The predicted molar refractivity (Wildman–Crippen MR) is 89.7 cm³/mol. The molecule has 2 heterocycles. The number of benzene rings is 1. The Hall–Kier alpha value is -2.67. The number of nitrogens with one attached hydrogen (secondary N) is 1. The third-order valence-electron chi connectivity index (χ3n) is 4.17. The highest BCUT2D eigenvalue weighted by molar-refractivity contribution is 5.94. The minimum absolute atomic E-state index is 0.113. The normalized spacial score (nSPS) is 16.0. The fourth-order valence-corrected chi connectivity index (χ4v) is 2.89. The SMILES string of the molecule is NC(=O)CN1CCC(NC(=O)c2cnn(-c3ccccc3)c2)CC1. The first-order valence-corrected chi connectivity index (χ1v) is 8.03. The molecule has 0 aliphatic carbocycles. The van der Waals surface area contributed by atoms with E-state index in [0.29, 0.717) is 5.56 Å². The van der Waals surface area contributed by atoms with Crippen molar-refractivity contribution in [2.45, 2.75) is 18.9 Å². The van der Waals surface area contributed by atoms with Gasteiger partial charge in [-0.3, -0.25) is 14.5 Å². The average Bonchev–Trinajstić information content (AvgIpc) is 3.07. The van der Waals surface area contributed by atoms with Crippen molar-refractivity contribution < 1.29 is 9.59 Å². The van der Waals surface area contributed by atoms with Crippen LogP contribution in [0.5, 0.6) is 0 Å². The van der Waals surface area contributed by atoms with E-state index < -0.39 is 0 Å². The van der Waals surface area contributed by atoms with E-state index in [9.17, 15) is 9.59 Å². The van der Waals surface area contributed by atoms with Crippen molar-refractivity contribution in [3.8, 4) is 5.69 Å². The molecule has 1 aromatic heterocycles. The molecule has 3 rings (SSSR count). The second-order valence-electron chi connectivity index (χ2n) is 6.00. The van der Waals surface area contributed by atoms with Crippen LogP contribution in [0.15, 0.2) is 42.7 Å². The molecule has 7 heteroatoms. The number of para-hydroxylation sites is 1. The van der Waals surface area contributed by atoms with Crippen LogP contribution in [0.2, 0.25) is 0 Å². The van der Waals surface area contributed by atoms with Gasteiger partial charge in [-0.2, -0.15) is 5.10 Å². The number of primary amides is 1. The maximum Gasteiger partial charge on any atom is 0.254 e. The van der Waals surface area contributed by atoms with Crippen LogP contribution >= 0.6 is 0 Å². The lowest BCUT2D eigenvalue weighted by atomic mass is 10.0. The van der Waals surface area contributed by atoms with Gasteiger partial charge in [0.1, 0.15) is 0 Å². The van der Waals surface area contributed by atoms with Gasteiger partial charge >= 0.3 is 0 Å². The van der Waals surface area contributed by atoms with E-state index in [1.807, 2.05) is 35.2 Å². The second-order valence-corrected chi connectivity index (χ2v) is 6.00. The van der Waals surface area contributed by atoms with Gasteiger partial charge in [0.2, 0.25) is 5.91 Å². The molecule has 1 aliphatic heterocycles. The molecular formula is C17H21N5O2. The molecule has 0 saturated carbocycles. The maximum atomic E-state index is 12.4. The minimum Gasteiger partial charge on any atom is -0.369 e.